The number of nitrogens with zero attached hydrogens (tertiary/aromatic N) is 1. The smallest absolute Gasteiger partial charge is 0.347 e. The minimum atomic E-state index is -0.752. The molecule has 22 heavy (non-hydrogen) atoms. The summed E-state index contributed by atoms with van der Waals surface area (Å²) in [5.74, 6) is -0.917. The van der Waals surface area contributed by atoms with Crippen LogP contribution < -0.4 is 5.56 Å². The molecule has 2 rings (SSSR count). The van der Waals surface area contributed by atoms with Gasteiger partial charge in [0.25, 0.3) is 5.56 Å². The summed E-state index contributed by atoms with van der Waals surface area (Å²) < 4.78 is 6.38. The number of hydrogen-bond donors (Lipinski definition) is 1. The van der Waals surface area contributed by atoms with Crippen LogP contribution in [0, 0.1) is 0 Å². The van der Waals surface area contributed by atoms with Gasteiger partial charge in [-0.2, -0.15) is 0 Å². The molecular weight excluding hydrogens is 282 g/mol. The fraction of sp³-hybridized carbons (Fsp3) is 0.647. The van der Waals surface area contributed by atoms with Gasteiger partial charge in [0.15, 0.2) is 5.56 Å². The highest BCUT2D eigenvalue weighted by Gasteiger charge is 2.26. The van der Waals surface area contributed by atoms with Gasteiger partial charge in [-0.05, 0) is 32.1 Å². The lowest BCUT2D eigenvalue weighted by Crippen LogP contribution is -2.31. The number of esters is 1. The maximum atomic E-state index is 12.7. The number of methoxy groups -OCH3 is 1. The van der Waals surface area contributed by atoms with Gasteiger partial charge in [-0.25, -0.2) is 4.79 Å². The summed E-state index contributed by atoms with van der Waals surface area (Å²) in [7, 11) is 1.23. The van der Waals surface area contributed by atoms with E-state index in [2.05, 4.69) is 6.92 Å². The molecule has 1 aliphatic rings. The number of carbonyl (C=O) groups is 1. The van der Waals surface area contributed by atoms with E-state index >= 15 is 0 Å². The molecule has 0 bridgehead atoms. The number of hydrogen-bond acceptors (Lipinski definition) is 4. The van der Waals surface area contributed by atoms with Gasteiger partial charge in [0.1, 0.15) is 5.75 Å². The van der Waals surface area contributed by atoms with E-state index in [1.54, 1.807) is 4.57 Å². The average molecular weight is 307 g/mol. The van der Waals surface area contributed by atoms with Gasteiger partial charge >= 0.3 is 5.97 Å². The second-order valence-electron chi connectivity index (χ2n) is 5.86. The normalized spacial score (nSPS) is 14.8. The summed E-state index contributed by atoms with van der Waals surface area (Å²) in [6.45, 7) is 2.65. The van der Waals surface area contributed by atoms with Gasteiger partial charge in [-0.15, -0.1) is 0 Å². The van der Waals surface area contributed by atoms with E-state index in [9.17, 15) is 14.7 Å². The van der Waals surface area contributed by atoms with Gasteiger partial charge in [0, 0.05) is 17.8 Å². The zero-order valence-electron chi connectivity index (χ0n) is 13.5. The third-order valence-electron chi connectivity index (χ3n) is 4.37. The Morgan fingerprint density at radius 3 is 2.55 bits per heavy atom. The summed E-state index contributed by atoms with van der Waals surface area (Å²) in [4.78, 5) is 24.6. The van der Waals surface area contributed by atoms with Gasteiger partial charge in [0.05, 0.1) is 7.11 Å². The van der Waals surface area contributed by atoms with Crippen molar-refractivity contribution in [3.05, 3.63) is 27.2 Å². The minimum Gasteiger partial charge on any atom is -0.506 e. The van der Waals surface area contributed by atoms with Crippen molar-refractivity contribution in [3.8, 4) is 5.75 Å². The van der Waals surface area contributed by atoms with Crippen LogP contribution >= 0.6 is 0 Å². The Kier molecular flexibility index (Phi) is 5.63. The van der Waals surface area contributed by atoms with E-state index in [1.807, 2.05) is 0 Å². The standard InChI is InChI=1S/C17H25NO4/c1-3-4-11-18-13-10-8-6-5-7-9-12(13)15(19)14(16(18)20)17(21)22-2/h19H,3-11H2,1-2H3. The molecule has 0 aliphatic heterocycles. The maximum Gasteiger partial charge on any atom is 0.347 e. The summed E-state index contributed by atoms with van der Waals surface area (Å²) >= 11 is 0. The van der Waals surface area contributed by atoms with Crippen LogP contribution in [0.5, 0.6) is 5.75 Å². The number of rotatable bonds is 4. The molecule has 0 atom stereocenters. The van der Waals surface area contributed by atoms with Crippen molar-refractivity contribution in [1.82, 2.24) is 4.57 Å². The van der Waals surface area contributed by atoms with Crippen molar-refractivity contribution in [3.63, 3.8) is 0 Å². The predicted octanol–water partition coefficient (Wildman–Crippen LogP) is 2.80. The van der Waals surface area contributed by atoms with Crippen molar-refractivity contribution >= 4 is 5.97 Å². The molecule has 5 nitrogen and oxygen atoms in total. The van der Waals surface area contributed by atoms with E-state index in [0.29, 0.717) is 13.0 Å². The van der Waals surface area contributed by atoms with Gasteiger partial charge in [0.2, 0.25) is 0 Å². The highest BCUT2D eigenvalue weighted by Crippen LogP contribution is 2.29. The van der Waals surface area contributed by atoms with Crippen LogP contribution in [0.4, 0.5) is 0 Å². The predicted molar refractivity (Wildman–Crippen MR) is 84.5 cm³/mol. The molecular formula is C17H25NO4. The molecule has 0 amide bonds. The van der Waals surface area contributed by atoms with Crippen LogP contribution in [0.2, 0.25) is 0 Å². The van der Waals surface area contributed by atoms with Crippen molar-refractivity contribution in [2.24, 2.45) is 0 Å². The monoisotopic (exact) mass is 307 g/mol. The summed E-state index contributed by atoms with van der Waals surface area (Å²) in [5.41, 5.74) is 1.04. The Hall–Kier alpha value is -1.78. The molecule has 0 unspecified atom stereocenters. The number of unbranched alkanes of at least 4 members (excludes halogenated alkanes) is 1. The average Bonchev–Trinajstić information content (AvgIpc) is 2.48. The molecule has 1 aromatic rings. The van der Waals surface area contributed by atoms with Gasteiger partial charge in [-0.3, -0.25) is 4.79 Å². The van der Waals surface area contributed by atoms with Crippen LogP contribution in [0.25, 0.3) is 0 Å². The van der Waals surface area contributed by atoms with E-state index in [4.69, 9.17) is 4.74 Å². The van der Waals surface area contributed by atoms with Crippen molar-refractivity contribution in [2.75, 3.05) is 7.11 Å². The quantitative estimate of drug-likeness (QED) is 0.869. The Morgan fingerprint density at radius 1 is 1.23 bits per heavy atom. The largest absolute Gasteiger partial charge is 0.506 e. The Morgan fingerprint density at radius 2 is 1.91 bits per heavy atom. The molecule has 5 heteroatoms. The van der Waals surface area contributed by atoms with Gasteiger partial charge in [-0.1, -0.05) is 26.2 Å². The topological polar surface area (TPSA) is 68.5 Å². The number of aromatic hydroxyl groups is 1. The van der Waals surface area contributed by atoms with Crippen molar-refractivity contribution < 1.29 is 14.6 Å². The van der Waals surface area contributed by atoms with Crippen LogP contribution in [0.15, 0.2) is 4.79 Å². The number of aromatic nitrogens is 1. The molecule has 0 radical (unpaired) electrons. The van der Waals surface area contributed by atoms with E-state index in [1.165, 1.54) is 7.11 Å². The third-order valence-corrected chi connectivity index (χ3v) is 4.37. The van der Waals surface area contributed by atoms with E-state index in [0.717, 1.165) is 56.2 Å². The molecule has 1 heterocycles. The second-order valence-corrected chi connectivity index (χ2v) is 5.86. The second kappa shape index (κ2) is 7.47. The van der Waals surface area contributed by atoms with Crippen LogP contribution in [-0.2, 0) is 24.1 Å². The van der Waals surface area contributed by atoms with Gasteiger partial charge < -0.3 is 14.4 Å². The minimum absolute atomic E-state index is 0.165. The zero-order chi connectivity index (χ0) is 16.1. The first-order chi connectivity index (χ1) is 10.6. The lowest BCUT2D eigenvalue weighted by atomic mass is 9.94. The highest BCUT2D eigenvalue weighted by atomic mass is 16.5. The first kappa shape index (κ1) is 16.6. The lowest BCUT2D eigenvalue weighted by molar-refractivity contribution is 0.0594. The summed E-state index contributed by atoms with van der Waals surface area (Å²) in [6, 6.07) is 0. The van der Waals surface area contributed by atoms with Crippen molar-refractivity contribution in [1.29, 1.82) is 0 Å². The maximum absolute atomic E-state index is 12.7. The zero-order valence-corrected chi connectivity index (χ0v) is 13.5. The Labute approximate surface area is 130 Å². The fourth-order valence-corrected chi connectivity index (χ4v) is 3.14. The highest BCUT2D eigenvalue weighted by molar-refractivity contribution is 5.92. The first-order valence-corrected chi connectivity index (χ1v) is 8.17. The van der Waals surface area contributed by atoms with E-state index < -0.39 is 11.5 Å². The molecule has 0 aromatic carbocycles. The molecule has 1 aliphatic carbocycles. The first-order valence-electron chi connectivity index (χ1n) is 8.17. The number of pyridine rings is 1. The Balaban J connectivity index is 2.65. The van der Waals surface area contributed by atoms with Crippen LogP contribution in [-0.4, -0.2) is 22.8 Å². The van der Waals surface area contributed by atoms with Crippen molar-refractivity contribution in [2.45, 2.75) is 64.8 Å². The van der Waals surface area contributed by atoms with Crippen LogP contribution in [0.3, 0.4) is 0 Å². The molecule has 0 saturated carbocycles. The molecule has 0 saturated heterocycles. The number of carbonyl (C=O) groups excluding carboxylic acids is 1. The Bertz CT molecular complexity index is 604. The van der Waals surface area contributed by atoms with Crippen LogP contribution in [0.1, 0.15) is 67.1 Å². The van der Waals surface area contributed by atoms with E-state index in [-0.39, 0.29) is 11.3 Å². The SMILES string of the molecule is CCCCn1c2c(c(O)c(C(=O)OC)c1=O)CCCCCC2. The summed E-state index contributed by atoms with van der Waals surface area (Å²) in [6.07, 6.45) is 7.55. The molecule has 1 aromatic heterocycles. The molecule has 0 spiro atoms. The number of fused-ring (bicyclic) bond motifs is 1. The third kappa shape index (κ3) is 3.18. The molecule has 122 valence electrons. The molecule has 0 fully saturated rings. The fourth-order valence-electron chi connectivity index (χ4n) is 3.14. The summed E-state index contributed by atoms with van der Waals surface area (Å²) in [5, 5.41) is 10.5. The lowest BCUT2D eigenvalue weighted by Gasteiger charge is -2.22. The molecule has 1 N–H and O–H groups in total. The number of ether oxygens (including phenoxy) is 1.